The van der Waals surface area contributed by atoms with Gasteiger partial charge in [0.2, 0.25) is 0 Å². The van der Waals surface area contributed by atoms with Crippen molar-refractivity contribution >= 4 is 5.91 Å². The second kappa shape index (κ2) is 5.36. The maximum Gasteiger partial charge on any atom is 0.271 e. The van der Waals surface area contributed by atoms with E-state index in [1.807, 2.05) is 11.0 Å². The molecule has 1 N–H and O–H groups in total. The molecule has 110 valence electrons. The molecule has 2 saturated carbocycles. The molecule has 21 heavy (non-hydrogen) atoms. The zero-order chi connectivity index (χ0) is 15.0. The summed E-state index contributed by atoms with van der Waals surface area (Å²) in [5.74, 6) is -0.0801. The average molecular weight is 285 g/mol. The van der Waals surface area contributed by atoms with Gasteiger partial charge < -0.3 is 9.88 Å². The molecule has 0 radical (unpaired) electrons. The van der Waals surface area contributed by atoms with Gasteiger partial charge in [-0.05, 0) is 57.1 Å². The van der Waals surface area contributed by atoms with E-state index in [0.29, 0.717) is 23.3 Å². The predicted octanol–water partition coefficient (Wildman–Crippen LogP) is 2.10. The lowest BCUT2D eigenvalue weighted by Gasteiger charge is -2.46. The fourth-order valence-electron chi connectivity index (χ4n) is 3.03. The SMILES string of the molecule is Cc1cc(C#N)c(=O)[nH]c1C(=O)N(C1CCC1)C1CCC1. The third kappa shape index (κ3) is 2.35. The number of aromatic nitrogens is 1. The Bertz CT molecular complexity index is 649. The Morgan fingerprint density at radius 3 is 2.29 bits per heavy atom. The number of rotatable bonds is 3. The molecule has 1 aromatic heterocycles. The smallest absolute Gasteiger partial charge is 0.271 e. The first-order chi connectivity index (χ1) is 10.1. The van der Waals surface area contributed by atoms with Gasteiger partial charge in [0.25, 0.3) is 11.5 Å². The van der Waals surface area contributed by atoms with Crippen LogP contribution in [0.4, 0.5) is 0 Å². The molecule has 0 spiro atoms. The molecule has 2 aliphatic carbocycles. The van der Waals surface area contributed by atoms with Crippen LogP contribution in [0.15, 0.2) is 10.9 Å². The number of hydrogen-bond acceptors (Lipinski definition) is 3. The summed E-state index contributed by atoms with van der Waals surface area (Å²) in [4.78, 5) is 29.3. The van der Waals surface area contributed by atoms with Gasteiger partial charge in [-0.15, -0.1) is 0 Å². The van der Waals surface area contributed by atoms with Gasteiger partial charge in [0.15, 0.2) is 0 Å². The second-order valence-corrected chi connectivity index (χ2v) is 6.06. The monoisotopic (exact) mass is 285 g/mol. The van der Waals surface area contributed by atoms with Crippen LogP contribution in [0.2, 0.25) is 0 Å². The van der Waals surface area contributed by atoms with Crippen molar-refractivity contribution in [2.45, 2.75) is 57.5 Å². The second-order valence-electron chi connectivity index (χ2n) is 6.06. The Morgan fingerprint density at radius 1 is 1.29 bits per heavy atom. The maximum absolute atomic E-state index is 12.9. The van der Waals surface area contributed by atoms with Gasteiger partial charge in [0.1, 0.15) is 17.3 Å². The highest BCUT2D eigenvalue weighted by atomic mass is 16.2. The van der Waals surface area contributed by atoms with E-state index in [4.69, 9.17) is 5.26 Å². The number of nitrogens with zero attached hydrogens (tertiary/aromatic N) is 2. The molecule has 5 heteroatoms. The first kappa shape index (κ1) is 13.9. The minimum Gasteiger partial charge on any atom is -0.331 e. The molecule has 0 aromatic carbocycles. The number of nitriles is 1. The van der Waals surface area contributed by atoms with Gasteiger partial charge in [-0.2, -0.15) is 5.26 Å². The molecule has 1 amide bonds. The van der Waals surface area contributed by atoms with Crippen molar-refractivity contribution in [1.82, 2.24) is 9.88 Å². The average Bonchev–Trinajstić information content (AvgIpc) is 2.35. The van der Waals surface area contributed by atoms with E-state index < -0.39 is 5.56 Å². The Labute approximate surface area is 123 Å². The fraction of sp³-hybridized carbons (Fsp3) is 0.562. The number of hydrogen-bond donors (Lipinski definition) is 1. The summed E-state index contributed by atoms with van der Waals surface area (Å²) in [5.41, 5.74) is 0.592. The van der Waals surface area contributed by atoms with Gasteiger partial charge in [0.05, 0.1) is 0 Å². The van der Waals surface area contributed by atoms with Crippen LogP contribution in [0.3, 0.4) is 0 Å². The van der Waals surface area contributed by atoms with Crippen molar-refractivity contribution in [2.24, 2.45) is 0 Å². The Hall–Kier alpha value is -2.09. The lowest BCUT2D eigenvalue weighted by Crippen LogP contribution is -2.53. The number of aryl methyl sites for hydroxylation is 1. The van der Waals surface area contributed by atoms with Crippen LogP contribution in [0, 0.1) is 18.3 Å². The van der Waals surface area contributed by atoms with Gasteiger partial charge >= 0.3 is 0 Å². The highest BCUT2D eigenvalue weighted by molar-refractivity contribution is 5.94. The third-order valence-corrected chi connectivity index (χ3v) is 4.74. The number of H-pyrrole nitrogens is 1. The summed E-state index contributed by atoms with van der Waals surface area (Å²) in [6.07, 6.45) is 6.57. The normalized spacial score (nSPS) is 18.5. The molecular weight excluding hydrogens is 266 g/mol. The predicted molar refractivity (Wildman–Crippen MR) is 78.0 cm³/mol. The molecule has 5 nitrogen and oxygen atoms in total. The topological polar surface area (TPSA) is 77.0 Å². The molecule has 0 bridgehead atoms. The molecular formula is C16H19N3O2. The number of nitrogens with one attached hydrogen (secondary N) is 1. The summed E-state index contributed by atoms with van der Waals surface area (Å²) in [7, 11) is 0. The molecule has 2 fully saturated rings. The minimum absolute atomic E-state index is 0.0582. The van der Waals surface area contributed by atoms with Crippen molar-refractivity contribution in [1.29, 1.82) is 5.26 Å². The summed E-state index contributed by atoms with van der Waals surface area (Å²) in [6, 6.07) is 4.00. The van der Waals surface area contributed by atoms with E-state index in [2.05, 4.69) is 4.98 Å². The number of aromatic amines is 1. The molecule has 0 saturated heterocycles. The van der Waals surface area contributed by atoms with E-state index in [0.717, 1.165) is 25.7 Å². The Kier molecular flexibility index (Phi) is 3.54. The summed E-state index contributed by atoms with van der Waals surface area (Å²) >= 11 is 0. The van der Waals surface area contributed by atoms with Crippen molar-refractivity contribution in [3.63, 3.8) is 0 Å². The number of amides is 1. The molecule has 0 atom stereocenters. The standard InChI is InChI=1S/C16H19N3O2/c1-10-8-11(9-17)15(20)18-14(10)16(21)19(12-4-2-5-12)13-6-3-7-13/h8,12-13H,2-7H2,1H3,(H,18,20). The van der Waals surface area contributed by atoms with Crippen LogP contribution in [0.5, 0.6) is 0 Å². The van der Waals surface area contributed by atoms with Crippen LogP contribution in [-0.4, -0.2) is 27.9 Å². The molecule has 1 aromatic rings. The molecule has 0 unspecified atom stereocenters. The van der Waals surface area contributed by atoms with Crippen LogP contribution in [0.1, 0.15) is 60.1 Å². The van der Waals surface area contributed by atoms with E-state index in [1.54, 1.807) is 6.92 Å². The lowest BCUT2D eigenvalue weighted by atomic mass is 9.84. The van der Waals surface area contributed by atoms with Crippen LogP contribution in [-0.2, 0) is 0 Å². The highest BCUT2D eigenvalue weighted by Gasteiger charge is 2.38. The molecule has 2 aliphatic rings. The quantitative estimate of drug-likeness (QED) is 0.924. The van der Waals surface area contributed by atoms with Crippen molar-refractivity contribution in [3.8, 4) is 6.07 Å². The summed E-state index contributed by atoms with van der Waals surface area (Å²) < 4.78 is 0. The molecule has 3 rings (SSSR count). The van der Waals surface area contributed by atoms with Crippen molar-refractivity contribution in [3.05, 3.63) is 33.2 Å². The van der Waals surface area contributed by atoms with E-state index in [-0.39, 0.29) is 11.5 Å². The third-order valence-electron chi connectivity index (χ3n) is 4.74. The molecule has 1 heterocycles. The summed E-state index contributed by atoms with van der Waals surface area (Å²) in [6.45, 7) is 1.77. The number of pyridine rings is 1. The van der Waals surface area contributed by atoms with Gasteiger partial charge in [0, 0.05) is 12.1 Å². The van der Waals surface area contributed by atoms with Crippen molar-refractivity contribution in [2.75, 3.05) is 0 Å². The first-order valence-corrected chi connectivity index (χ1v) is 7.58. The number of carbonyl (C=O) groups excluding carboxylic acids is 1. The van der Waals surface area contributed by atoms with E-state index >= 15 is 0 Å². The van der Waals surface area contributed by atoms with Crippen LogP contribution < -0.4 is 5.56 Å². The van der Waals surface area contributed by atoms with Gasteiger partial charge in [-0.25, -0.2) is 0 Å². The van der Waals surface area contributed by atoms with E-state index in [9.17, 15) is 9.59 Å². The lowest BCUT2D eigenvalue weighted by molar-refractivity contribution is 0.0279. The van der Waals surface area contributed by atoms with E-state index in [1.165, 1.54) is 18.9 Å². The zero-order valence-corrected chi connectivity index (χ0v) is 12.2. The largest absolute Gasteiger partial charge is 0.331 e. The Morgan fingerprint density at radius 2 is 1.86 bits per heavy atom. The van der Waals surface area contributed by atoms with Gasteiger partial charge in [-0.3, -0.25) is 9.59 Å². The fourth-order valence-corrected chi connectivity index (χ4v) is 3.03. The summed E-state index contributed by atoms with van der Waals surface area (Å²) in [5, 5.41) is 8.89. The number of carbonyl (C=O) groups is 1. The first-order valence-electron chi connectivity index (χ1n) is 7.58. The minimum atomic E-state index is -0.478. The zero-order valence-electron chi connectivity index (χ0n) is 12.2. The highest BCUT2D eigenvalue weighted by Crippen LogP contribution is 2.34. The Balaban J connectivity index is 1.94. The molecule has 0 aliphatic heterocycles. The van der Waals surface area contributed by atoms with Crippen molar-refractivity contribution < 1.29 is 4.79 Å². The van der Waals surface area contributed by atoms with Crippen LogP contribution in [0.25, 0.3) is 0 Å². The van der Waals surface area contributed by atoms with Crippen LogP contribution >= 0.6 is 0 Å². The van der Waals surface area contributed by atoms with Gasteiger partial charge in [-0.1, -0.05) is 0 Å². The maximum atomic E-state index is 12.9.